The number of hydrogen-bond acceptors (Lipinski definition) is 4. The van der Waals surface area contributed by atoms with Crippen LogP contribution in [0.4, 0.5) is 0 Å². The normalized spacial score (nSPS) is 18.6. The highest BCUT2D eigenvalue weighted by Gasteiger charge is 2.23. The Labute approximate surface area is 217 Å². The van der Waals surface area contributed by atoms with Gasteiger partial charge in [0.1, 0.15) is 0 Å². The highest BCUT2D eigenvalue weighted by molar-refractivity contribution is 14.0. The van der Waals surface area contributed by atoms with E-state index in [1.807, 2.05) is 0 Å². The van der Waals surface area contributed by atoms with Crippen molar-refractivity contribution in [2.45, 2.75) is 46.2 Å². The summed E-state index contributed by atoms with van der Waals surface area (Å²) in [6, 6.07) is 8.75. The van der Waals surface area contributed by atoms with Gasteiger partial charge in [-0.15, -0.1) is 24.0 Å². The van der Waals surface area contributed by atoms with Crippen LogP contribution in [0.1, 0.15) is 44.2 Å². The van der Waals surface area contributed by atoms with Crippen molar-refractivity contribution in [3.8, 4) is 0 Å². The van der Waals surface area contributed by atoms with E-state index in [1.165, 1.54) is 11.1 Å². The van der Waals surface area contributed by atoms with E-state index >= 15 is 0 Å². The molecule has 0 radical (unpaired) electrons. The molecule has 2 aliphatic rings. The number of nitrogens with one attached hydrogen (secondary N) is 2. The Kier molecular flexibility index (Phi) is 12.5. The Morgan fingerprint density at radius 1 is 1.00 bits per heavy atom. The van der Waals surface area contributed by atoms with Crippen LogP contribution in [-0.4, -0.2) is 86.0 Å². The number of nitrogens with zero attached hydrogens (tertiary/aromatic N) is 4. The molecule has 0 spiro atoms. The lowest BCUT2D eigenvalue weighted by molar-refractivity contribution is -0.121. The van der Waals surface area contributed by atoms with E-state index in [1.54, 1.807) is 7.05 Å². The average Bonchev–Trinajstić information content (AvgIpc) is 2.83. The summed E-state index contributed by atoms with van der Waals surface area (Å²) in [7, 11) is 1.72. The van der Waals surface area contributed by atoms with Crippen molar-refractivity contribution >= 4 is 35.8 Å². The molecule has 0 aromatic heterocycles. The number of piperidine rings is 1. The monoisotopic (exact) mass is 570 g/mol. The minimum atomic E-state index is 0. The maximum atomic E-state index is 11.7. The number of guanidine groups is 1. The number of likely N-dealkylation sites (N-methyl/N-ethyl adjacent to an activating group) is 1. The number of piperazine rings is 1. The zero-order valence-electron chi connectivity index (χ0n) is 20.7. The van der Waals surface area contributed by atoms with Gasteiger partial charge >= 0.3 is 0 Å². The van der Waals surface area contributed by atoms with Crippen molar-refractivity contribution in [3.63, 3.8) is 0 Å². The number of rotatable bonds is 8. The lowest BCUT2D eigenvalue weighted by Crippen LogP contribution is -2.46. The summed E-state index contributed by atoms with van der Waals surface area (Å²) in [5.41, 5.74) is 2.71. The molecule has 186 valence electrons. The van der Waals surface area contributed by atoms with Crippen LogP contribution < -0.4 is 10.6 Å². The van der Waals surface area contributed by atoms with E-state index < -0.39 is 0 Å². The molecular weight excluding hydrogens is 527 g/mol. The van der Waals surface area contributed by atoms with Crippen LogP contribution in [0.3, 0.4) is 0 Å². The quantitative estimate of drug-likeness (QED) is 0.286. The maximum Gasteiger partial charge on any atom is 0.220 e. The summed E-state index contributed by atoms with van der Waals surface area (Å²) < 4.78 is 0. The number of likely N-dealkylation sites (tertiary alicyclic amines) is 1. The average molecular weight is 571 g/mol. The number of hydrogen-bond donors (Lipinski definition) is 2. The van der Waals surface area contributed by atoms with E-state index in [0.29, 0.717) is 18.9 Å². The fourth-order valence-electron chi connectivity index (χ4n) is 4.67. The maximum absolute atomic E-state index is 11.7. The first-order chi connectivity index (χ1) is 15.6. The fraction of sp³-hybridized carbons (Fsp3) is 0.680. The molecule has 2 fully saturated rings. The van der Waals surface area contributed by atoms with E-state index in [9.17, 15) is 4.79 Å². The van der Waals surface area contributed by atoms with Gasteiger partial charge < -0.3 is 20.4 Å². The van der Waals surface area contributed by atoms with Gasteiger partial charge in [-0.05, 0) is 43.4 Å². The van der Waals surface area contributed by atoms with E-state index in [2.05, 4.69) is 63.4 Å². The lowest BCUT2D eigenvalue weighted by atomic mass is 9.93. The Morgan fingerprint density at radius 2 is 1.64 bits per heavy atom. The SMILES string of the molecule is CCNC(=NCc1ccccc1CN1CCN(CC)CC1)N1CCC(CC(=O)NC)CC1.I. The van der Waals surface area contributed by atoms with E-state index in [-0.39, 0.29) is 29.9 Å². The third kappa shape index (κ3) is 8.72. The minimum Gasteiger partial charge on any atom is -0.359 e. The molecule has 1 aromatic carbocycles. The molecule has 1 aromatic rings. The zero-order chi connectivity index (χ0) is 22.8. The predicted molar refractivity (Wildman–Crippen MR) is 147 cm³/mol. The summed E-state index contributed by atoms with van der Waals surface area (Å²) in [6.45, 7) is 14.6. The second kappa shape index (κ2) is 14.8. The Morgan fingerprint density at radius 3 is 2.24 bits per heavy atom. The van der Waals surface area contributed by atoms with Crippen LogP contribution in [0.15, 0.2) is 29.3 Å². The van der Waals surface area contributed by atoms with Gasteiger partial charge in [-0.25, -0.2) is 4.99 Å². The van der Waals surface area contributed by atoms with Gasteiger partial charge in [-0.3, -0.25) is 9.69 Å². The molecule has 2 N–H and O–H groups in total. The largest absolute Gasteiger partial charge is 0.359 e. The summed E-state index contributed by atoms with van der Waals surface area (Å²) in [5.74, 6) is 1.62. The molecule has 0 bridgehead atoms. The number of amides is 1. The summed E-state index contributed by atoms with van der Waals surface area (Å²) in [5, 5.41) is 6.23. The van der Waals surface area contributed by atoms with Crippen molar-refractivity contribution in [1.29, 1.82) is 0 Å². The fourth-order valence-corrected chi connectivity index (χ4v) is 4.67. The third-order valence-electron chi connectivity index (χ3n) is 6.83. The second-order valence-electron chi connectivity index (χ2n) is 8.96. The van der Waals surface area contributed by atoms with Gasteiger partial charge in [0.15, 0.2) is 5.96 Å². The van der Waals surface area contributed by atoms with E-state index in [0.717, 1.165) is 77.7 Å². The molecule has 0 atom stereocenters. The number of benzene rings is 1. The standard InChI is InChI=1S/C25H42N6O.HI/c1-4-27-25(31-12-10-21(11-13-31)18-24(32)26-3)28-19-22-8-6-7-9-23(22)20-30-16-14-29(5-2)15-17-30;/h6-9,21H,4-5,10-20H2,1-3H3,(H,26,32)(H,27,28);1H. The zero-order valence-corrected chi connectivity index (χ0v) is 23.0. The third-order valence-corrected chi connectivity index (χ3v) is 6.83. The van der Waals surface area contributed by atoms with Gasteiger partial charge in [-0.1, -0.05) is 31.2 Å². The van der Waals surface area contributed by atoms with Crippen LogP contribution in [0.5, 0.6) is 0 Å². The Hall–Kier alpha value is -1.39. The van der Waals surface area contributed by atoms with Crippen LogP contribution in [-0.2, 0) is 17.9 Å². The molecule has 0 saturated carbocycles. The summed E-state index contributed by atoms with van der Waals surface area (Å²) in [6.07, 6.45) is 2.72. The molecule has 1 amide bonds. The number of carbonyl (C=O) groups is 1. The van der Waals surface area contributed by atoms with E-state index in [4.69, 9.17) is 4.99 Å². The molecule has 33 heavy (non-hydrogen) atoms. The molecule has 0 unspecified atom stereocenters. The molecule has 0 aliphatic carbocycles. The first-order valence-corrected chi connectivity index (χ1v) is 12.4. The van der Waals surface area contributed by atoms with Crippen molar-refractivity contribution < 1.29 is 4.79 Å². The van der Waals surface area contributed by atoms with Crippen molar-refractivity contribution in [2.75, 3.05) is 59.4 Å². The number of halogens is 1. The highest BCUT2D eigenvalue weighted by Crippen LogP contribution is 2.21. The van der Waals surface area contributed by atoms with Crippen molar-refractivity contribution in [1.82, 2.24) is 25.3 Å². The molecular formula is C25H43IN6O. The summed E-state index contributed by atoms with van der Waals surface area (Å²) in [4.78, 5) is 24.2. The molecule has 8 heteroatoms. The van der Waals surface area contributed by atoms with Gasteiger partial charge in [0, 0.05) is 65.8 Å². The Balaban J connectivity index is 0.00000385. The van der Waals surface area contributed by atoms with Gasteiger partial charge in [0.25, 0.3) is 0 Å². The topological polar surface area (TPSA) is 63.2 Å². The minimum absolute atomic E-state index is 0. The van der Waals surface area contributed by atoms with Crippen LogP contribution >= 0.6 is 24.0 Å². The van der Waals surface area contributed by atoms with Crippen LogP contribution in [0.25, 0.3) is 0 Å². The molecule has 2 aliphatic heterocycles. The Bertz CT molecular complexity index is 742. The number of aliphatic imine (C=N–C) groups is 1. The van der Waals surface area contributed by atoms with Crippen molar-refractivity contribution in [2.24, 2.45) is 10.9 Å². The second-order valence-corrected chi connectivity index (χ2v) is 8.96. The van der Waals surface area contributed by atoms with Gasteiger partial charge in [0.2, 0.25) is 5.91 Å². The first-order valence-electron chi connectivity index (χ1n) is 12.4. The van der Waals surface area contributed by atoms with Crippen molar-refractivity contribution in [3.05, 3.63) is 35.4 Å². The predicted octanol–water partition coefficient (Wildman–Crippen LogP) is 2.76. The molecule has 2 saturated heterocycles. The number of carbonyl (C=O) groups excluding carboxylic acids is 1. The molecule has 2 heterocycles. The smallest absolute Gasteiger partial charge is 0.220 e. The van der Waals surface area contributed by atoms with Gasteiger partial charge in [-0.2, -0.15) is 0 Å². The molecule has 7 nitrogen and oxygen atoms in total. The first kappa shape index (κ1) is 27.9. The van der Waals surface area contributed by atoms with Gasteiger partial charge in [0.05, 0.1) is 6.54 Å². The van der Waals surface area contributed by atoms with Crippen LogP contribution in [0, 0.1) is 5.92 Å². The van der Waals surface area contributed by atoms with Crippen LogP contribution in [0.2, 0.25) is 0 Å². The summed E-state index contributed by atoms with van der Waals surface area (Å²) >= 11 is 0. The highest BCUT2D eigenvalue weighted by atomic mass is 127. The lowest BCUT2D eigenvalue weighted by Gasteiger charge is -2.34. The molecule has 3 rings (SSSR count).